The molecule has 0 atom stereocenters. The summed E-state index contributed by atoms with van der Waals surface area (Å²) in [7, 11) is 3.56. The van der Waals surface area contributed by atoms with Crippen LogP contribution in [-0.4, -0.2) is 33.9 Å². The number of halogens is 1. The van der Waals surface area contributed by atoms with E-state index in [1.54, 1.807) is 19.2 Å². The predicted octanol–water partition coefficient (Wildman–Crippen LogP) is 2.10. The second kappa shape index (κ2) is 5.67. The van der Waals surface area contributed by atoms with Crippen LogP contribution in [0.15, 0.2) is 18.2 Å². The van der Waals surface area contributed by atoms with E-state index < -0.39 is 0 Å². The molecule has 1 fully saturated rings. The predicted molar refractivity (Wildman–Crippen MR) is 68.6 cm³/mol. The van der Waals surface area contributed by atoms with Crippen molar-refractivity contribution in [3.05, 3.63) is 29.6 Å². The van der Waals surface area contributed by atoms with Gasteiger partial charge in [0.25, 0.3) is 0 Å². The minimum atomic E-state index is -0.217. The van der Waals surface area contributed by atoms with Crippen molar-refractivity contribution in [2.24, 2.45) is 0 Å². The van der Waals surface area contributed by atoms with E-state index in [-0.39, 0.29) is 11.2 Å². The summed E-state index contributed by atoms with van der Waals surface area (Å²) >= 11 is 0. The first-order valence-electron chi connectivity index (χ1n) is 6.28. The summed E-state index contributed by atoms with van der Waals surface area (Å²) in [6.45, 7) is 2.26. The van der Waals surface area contributed by atoms with Crippen molar-refractivity contribution < 1.29 is 13.9 Å². The lowest BCUT2D eigenvalue weighted by atomic mass is 9.74. The first-order valence-corrected chi connectivity index (χ1v) is 6.28. The first-order chi connectivity index (χ1) is 8.72. The Morgan fingerprint density at radius 3 is 2.78 bits per heavy atom. The van der Waals surface area contributed by atoms with Crippen molar-refractivity contribution in [2.75, 3.05) is 33.9 Å². The second-order valence-corrected chi connectivity index (χ2v) is 4.82. The van der Waals surface area contributed by atoms with E-state index >= 15 is 0 Å². The summed E-state index contributed by atoms with van der Waals surface area (Å²) in [6.07, 6.45) is 2.02. The maximum Gasteiger partial charge on any atom is 0.123 e. The van der Waals surface area contributed by atoms with Gasteiger partial charge in [-0.25, -0.2) is 4.39 Å². The highest BCUT2D eigenvalue weighted by atomic mass is 19.1. The van der Waals surface area contributed by atoms with Crippen molar-refractivity contribution in [3.8, 4) is 5.75 Å². The number of hydrogen-bond acceptors (Lipinski definition) is 3. The van der Waals surface area contributed by atoms with Crippen molar-refractivity contribution in [1.82, 2.24) is 5.32 Å². The number of ether oxygens (including phenoxy) is 2. The molecule has 1 aliphatic rings. The van der Waals surface area contributed by atoms with Gasteiger partial charge in [0.15, 0.2) is 0 Å². The average molecular weight is 253 g/mol. The van der Waals surface area contributed by atoms with Crippen LogP contribution in [0.1, 0.15) is 18.4 Å². The fourth-order valence-electron chi connectivity index (χ4n) is 2.48. The smallest absolute Gasteiger partial charge is 0.123 e. The molecule has 100 valence electrons. The Labute approximate surface area is 107 Å². The molecule has 1 saturated heterocycles. The Morgan fingerprint density at radius 2 is 2.22 bits per heavy atom. The van der Waals surface area contributed by atoms with Gasteiger partial charge >= 0.3 is 0 Å². The molecule has 18 heavy (non-hydrogen) atoms. The van der Waals surface area contributed by atoms with E-state index in [1.807, 2.05) is 7.05 Å². The average Bonchev–Trinajstić information content (AvgIpc) is 2.33. The third kappa shape index (κ3) is 2.49. The fraction of sp³-hybridized carbons (Fsp3) is 0.571. The molecule has 4 heteroatoms. The molecule has 0 aliphatic carbocycles. The lowest BCUT2D eigenvalue weighted by Crippen LogP contribution is -2.47. The van der Waals surface area contributed by atoms with Crippen LogP contribution < -0.4 is 10.1 Å². The SMILES string of the molecule is CNCCCC1(c2cc(F)ccc2OC)COC1. The van der Waals surface area contributed by atoms with E-state index in [0.717, 1.165) is 30.7 Å². The number of hydrogen-bond donors (Lipinski definition) is 1. The van der Waals surface area contributed by atoms with Crippen LogP contribution in [0.25, 0.3) is 0 Å². The second-order valence-electron chi connectivity index (χ2n) is 4.82. The summed E-state index contributed by atoms with van der Waals surface area (Å²) < 4.78 is 24.2. The van der Waals surface area contributed by atoms with Gasteiger partial charge < -0.3 is 14.8 Å². The van der Waals surface area contributed by atoms with Crippen LogP contribution in [0.2, 0.25) is 0 Å². The molecule has 1 aliphatic heterocycles. The van der Waals surface area contributed by atoms with E-state index in [9.17, 15) is 4.39 Å². The van der Waals surface area contributed by atoms with Gasteiger partial charge in [-0.2, -0.15) is 0 Å². The lowest BCUT2D eigenvalue weighted by molar-refractivity contribution is -0.0660. The maximum absolute atomic E-state index is 13.5. The summed E-state index contributed by atoms with van der Waals surface area (Å²) in [5.74, 6) is 0.537. The topological polar surface area (TPSA) is 30.5 Å². The summed E-state index contributed by atoms with van der Waals surface area (Å²) in [5.41, 5.74) is 0.858. The Kier molecular flexibility index (Phi) is 4.19. The van der Waals surface area contributed by atoms with Crippen LogP contribution in [0.5, 0.6) is 5.75 Å². The quantitative estimate of drug-likeness (QED) is 0.788. The highest BCUT2D eigenvalue weighted by molar-refractivity contribution is 5.41. The van der Waals surface area contributed by atoms with Gasteiger partial charge in [-0.15, -0.1) is 0 Å². The molecule has 0 spiro atoms. The fourth-order valence-corrected chi connectivity index (χ4v) is 2.48. The number of methoxy groups -OCH3 is 1. The molecule has 0 aromatic heterocycles. The number of benzene rings is 1. The van der Waals surface area contributed by atoms with Crippen LogP contribution in [0.4, 0.5) is 4.39 Å². The summed E-state index contributed by atoms with van der Waals surface area (Å²) in [5, 5.41) is 3.13. The van der Waals surface area contributed by atoms with E-state index in [0.29, 0.717) is 13.2 Å². The van der Waals surface area contributed by atoms with Crippen molar-refractivity contribution in [2.45, 2.75) is 18.3 Å². The maximum atomic E-state index is 13.5. The molecule has 0 unspecified atom stereocenters. The summed E-state index contributed by atoms with van der Waals surface area (Å²) in [6, 6.07) is 4.71. The largest absolute Gasteiger partial charge is 0.496 e. The van der Waals surface area contributed by atoms with Gasteiger partial charge in [0.05, 0.1) is 20.3 Å². The molecular formula is C14H20FNO2. The zero-order chi connectivity index (χ0) is 13.0. The zero-order valence-corrected chi connectivity index (χ0v) is 11.0. The highest BCUT2D eigenvalue weighted by Gasteiger charge is 2.41. The Balaban J connectivity index is 2.23. The van der Waals surface area contributed by atoms with Crippen LogP contribution in [-0.2, 0) is 10.2 Å². The van der Waals surface area contributed by atoms with Gasteiger partial charge in [-0.05, 0) is 44.6 Å². The molecular weight excluding hydrogens is 233 g/mol. The number of nitrogens with one attached hydrogen (secondary N) is 1. The molecule has 1 aromatic rings. The molecule has 0 saturated carbocycles. The molecule has 0 bridgehead atoms. The molecule has 3 nitrogen and oxygen atoms in total. The van der Waals surface area contributed by atoms with E-state index in [2.05, 4.69) is 5.32 Å². The van der Waals surface area contributed by atoms with Crippen molar-refractivity contribution >= 4 is 0 Å². The van der Waals surface area contributed by atoms with Gasteiger partial charge in [0.2, 0.25) is 0 Å². The molecule has 2 rings (SSSR count). The standard InChI is InChI=1S/C14H20FNO2/c1-16-7-3-6-14(9-18-10-14)12-8-11(15)4-5-13(12)17-2/h4-5,8,16H,3,6-7,9-10H2,1-2H3. The van der Waals surface area contributed by atoms with Crippen LogP contribution in [0.3, 0.4) is 0 Å². The van der Waals surface area contributed by atoms with Crippen LogP contribution >= 0.6 is 0 Å². The van der Waals surface area contributed by atoms with E-state index in [1.165, 1.54) is 6.07 Å². The van der Waals surface area contributed by atoms with Crippen LogP contribution in [0, 0.1) is 5.82 Å². The minimum absolute atomic E-state index is 0.0791. The zero-order valence-electron chi connectivity index (χ0n) is 11.0. The molecule has 0 amide bonds. The van der Waals surface area contributed by atoms with Gasteiger partial charge in [-0.1, -0.05) is 0 Å². The monoisotopic (exact) mass is 253 g/mol. The van der Waals surface area contributed by atoms with Gasteiger partial charge in [0, 0.05) is 11.0 Å². The molecule has 0 radical (unpaired) electrons. The normalized spacial score (nSPS) is 17.3. The molecule has 1 heterocycles. The lowest BCUT2D eigenvalue weighted by Gasteiger charge is -2.42. The van der Waals surface area contributed by atoms with Gasteiger partial charge in [0.1, 0.15) is 11.6 Å². The van der Waals surface area contributed by atoms with Crippen molar-refractivity contribution in [1.29, 1.82) is 0 Å². The first kappa shape index (κ1) is 13.3. The number of rotatable bonds is 6. The minimum Gasteiger partial charge on any atom is -0.496 e. The summed E-state index contributed by atoms with van der Waals surface area (Å²) in [4.78, 5) is 0. The Morgan fingerprint density at radius 1 is 1.44 bits per heavy atom. The Hall–Kier alpha value is -1.13. The third-order valence-electron chi connectivity index (χ3n) is 3.57. The van der Waals surface area contributed by atoms with E-state index in [4.69, 9.17) is 9.47 Å². The Bertz CT molecular complexity index is 405. The van der Waals surface area contributed by atoms with Crippen molar-refractivity contribution in [3.63, 3.8) is 0 Å². The highest BCUT2D eigenvalue weighted by Crippen LogP contribution is 2.41. The van der Waals surface area contributed by atoms with Gasteiger partial charge in [-0.3, -0.25) is 0 Å². The molecule has 1 aromatic carbocycles. The third-order valence-corrected chi connectivity index (χ3v) is 3.57. The molecule has 1 N–H and O–H groups in total.